The quantitative estimate of drug-likeness (QED) is 0.852. The zero-order chi connectivity index (χ0) is 15.5. The standard InChI is InChI=1S/C13H9F3N2O3/c14-13(15,16)21-10-5-2-8(3-6-10)1-4-9-7-11(19)12(20)18-17-9/h1-7H,(H,17,19)(H,18,20). The van der Waals surface area contributed by atoms with E-state index in [0.29, 0.717) is 11.3 Å². The van der Waals surface area contributed by atoms with Gasteiger partial charge in [-0.2, -0.15) is 0 Å². The first-order valence-corrected chi connectivity index (χ1v) is 5.69. The fraction of sp³-hybridized carbons (Fsp3) is 0.0769. The number of alkyl halides is 3. The molecule has 1 aromatic carbocycles. The first kappa shape index (κ1) is 14.6. The van der Waals surface area contributed by atoms with Gasteiger partial charge < -0.3 is 4.74 Å². The Morgan fingerprint density at radius 2 is 1.67 bits per heavy atom. The minimum atomic E-state index is -4.73. The molecule has 1 aromatic heterocycles. The van der Waals surface area contributed by atoms with Crippen molar-refractivity contribution < 1.29 is 17.9 Å². The predicted octanol–water partition coefficient (Wildman–Crippen LogP) is 2.13. The van der Waals surface area contributed by atoms with Crippen molar-refractivity contribution in [2.45, 2.75) is 6.36 Å². The average Bonchev–Trinajstić information content (AvgIpc) is 2.40. The zero-order valence-electron chi connectivity index (χ0n) is 10.4. The molecule has 1 heterocycles. The van der Waals surface area contributed by atoms with Gasteiger partial charge in [0.05, 0.1) is 5.69 Å². The van der Waals surface area contributed by atoms with E-state index in [2.05, 4.69) is 14.9 Å². The summed E-state index contributed by atoms with van der Waals surface area (Å²) in [4.78, 5) is 22.0. The van der Waals surface area contributed by atoms with Crippen LogP contribution in [0, 0.1) is 0 Å². The molecule has 2 aromatic rings. The third kappa shape index (κ3) is 4.37. The maximum absolute atomic E-state index is 12.0. The van der Waals surface area contributed by atoms with Crippen LogP contribution in [-0.2, 0) is 0 Å². The highest BCUT2D eigenvalue weighted by atomic mass is 19.4. The molecule has 0 bridgehead atoms. The lowest BCUT2D eigenvalue weighted by atomic mass is 10.2. The fourth-order valence-corrected chi connectivity index (χ4v) is 1.49. The Labute approximate surface area is 115 Å². The van der Waals surface area contributed by atoms with E-state index in [1.807, 2.05) is 0 Å². The van der Waals surface area contributed by atoms with Crippen LogP contribution in [0.1, 0.15) is 11.3 Å². The van der Waals surface area contributed by atoms with E-state index in [9.17, 15) is 22.8 Å². The molecule has 0 saturated heterocycles. The van der Waals surface area contributed by atoms with E-state index in [1.165, 1.54) is 30.3 Å². The Morgan fingerprint density at radius 3 is 2.24 bits per heavy atom. The first-order chi connectivity index (χ1) is 9.83. The van der Waals surface area contributed by atoms with E-state index >= 15 is 0 Å². The normalized spacial score (nSPS) is 11.8. The largest absolute Gasteiger partial charge is 0.573 e. The summed E-state index contributed by atoms with van der Waals surface area (Å²) in [7, 11) is 0. The van der Waals surface area contributed by atoms with Crippen LogP contribution in [0.2, 0.25) is 0 Å². The highest BCUT2D eigenvalue weighted by Gasteiger charge is 2.30. The zero-order valence-corrected chi connectivity index (χ0v) is 10.4. The second-order valence-electron chi connectivity index (χ2n) is 3.99. The molecule has 21 heavy (non-hydrogen) atoms. The smallest absolute Gasteiger partial charge is 0.406 e. The molecule has 0 fully saturated rings. The van der Waals surface area contributed by atoms with Gasteiger partial charge >= 0.3 is 11.9 Å². The van der Waals surface area contributed by atoms with Crippen LogP contribution >= 0.6 is 0 Å². The second kappa shape index (κ2) is 5.70. The number of aromatic amines is 2. The van der Waals surface area contributed by atoms with Gasteiger partial charge in [0.15, 0.2) is 0 Å². The van der Waals surface area contributed by atoms with Crippen molar-refractivity contribution in [2.75, 3.05) is 0 Å². The lowest BCUT2D eigenvalue weighted by Crippen LogP contribution is -2.27. The van der Waals surface area contributed by atoms with Gasteiger partial charge in [-0.15, -0.1) is 13.2 Å². The van der Waals surface area contributed by atoms with Crippen LogP contribution in [0.25, 0.3) is 12.2 Å². The molecule has 0 amide bonds. The highest BCUT2D eigenvalue weighted by molar-refractivity contribution is 5.67. The van der Waals surface area contributed by atoms with Crippen molar-refractivity contribution in [3.05, 3.63) is 62.2 Å². The molecule has 0 radical (unpaired) electrons. The van der Waals surface area contributed by atoms with Crippen LogP contribution in [0.15, 0.2) is 39.9 Å². The molecule has 0 aliphatic carbocycles. The SMILES string of the molecule is O=c1cc(C=Cc2ccc(OC(F)(F)F)cc2)[nH][nH]c1=O. The van der Waals surface area contributed by atoms with Gasteiger partial charge in [-0.1, -0.05) is 18.2 Å². The molecular formula is C13H9F3N2O3. The summed E-state index contributed by atoms with van der Waals surface area (Å²) in [6.45, 7) is 0. The molecule has 0 aliphatic heterocycles. The lowest BCUT2D eigenvalue weighted by Gasteiger charge is -2.08. The number of hydrogen-bond donors (Lipinski definition) is 2. The number of nitrogens with one attached hydrogen (secondary N) is 2. The summed E-state index contributed by atoms with van der Waals surface area (Å²) < 4.78 is 39.7. The van der Waals surface area contributed by atoms with Crippen LogP contribution in [-0.4, -0.2) is 16.6 Å². The summed E-state index contributed by atoms with van der Waals surface area (Å²) in [6, 6.07) is 6.28. The van der Waals surface area contributed by atoms with Gasteiger partial charge in [0.2, 0.25) is 5.43 Å². The second-order valence-corrected chi connectivity index (χ2v) is 3.99. The third-order valence-corrected chi connectivity index (χ3v) is 2.40. The molecule has 0 aliphatic rings. The number of aromatic nitrogens is 2. The Bertz CT molecular complexity index is 758. The Morgan fingerprint density at radius 1 is 1.00 bits per heavy atom. The lowest BCUT2D eigenvalue weighted by molar-refractivity contribution is -0.274. The minimum absolute atomic E-state index is 0.322. The van der Waals surface area contributed by atoms with Crippen molar-refractivity contribution in [1.29, 1.82) is 0 Å². The molecule has 0 saturated carbocycles. The molecule has 0 spiro atoms. The van der Waals surface area contributed by atoms with Crippen molar-refractivity contribution in [3.8, 4) is 5.75 Å². The van der Waals surface area contributed by atoms with Crippen LogP contribution in [0.5, 0.6) is 5.75 Å². The number of H-pyrrole nitrogens is 2. The molecule has 2 rings (SSSR count). The van der Waals surface area contributed by atoms with Gasteiger partial charge in [0.1, 0.15) is 5.75 Å². The Hall–Kier alpha value is -2.77. The van der Waals surface area contributed by atoms with Crippen molar-refractivity contribution in [3.63, 3.8) is 0 Å². The molecule has 2 N–H and O–H groups in total. The van der Waals surface area contributed by atoms with Gasteiger partial charge in [-0.25, -0.2) is 0 Å². The predicted molar refractivity (Wildman–Crippen MR) is 69.7 cm³/mol. The monoisotopic (exact) mass is 298 g/mol. The molecule has 110 valence electrons. The first-order valence-electron chi connectivity index (χ1n) is 5.69. The van der Waals surface area contributed by atoms with Gasteiger partial charge in [0, 0.05) is 6.07 Å². The molecule has 0 atom stereocenters. The van der Waals surface area contributed by atoms with Crippen LogP contribution in [0.4, 0.5) is 13.2 Å². The topological polar surface area (TPSA) is 75.0 Å². The van der Waals surface area contributed by atoms with Crippen LogP contribution in [0.3, 0.4) is 0 Å². The van der Waals surface area contributed by atoms with Gasteiger partial charge in [-0.05, 0) is 23.8 Å². The van der Waals surface area contributed by atoms with Crippen molar-refractivity contribution in [2.24, 2.45) is 0 Å². The third-order valence-electron chi connectivity index (χ3n) is 2.40. The summed E-state index contributed by atoms with van der Waals surface area (Å²) >= 11 is 0. The summed E-state index contributed by atoms with van der Waals surface area (Å²) in [5, 5.41) is 4.64. The van der Waals surface area contributed by atoms with E-state index < -0.39 is 17.4 Å². The van der Waals surface area contributed by atoms with E-state index in [-0.39, 0.29) is 5.75 Å². The molecule has 8 heteroatoms. The summed E-state index contributed by atoms with van der Waals surface area (Å²) in [5.74, 6) is -0.322. The maximum Gasteiger partial charge on any atom is 0.573 e. The van der Waals surface area contributed by atoms with E-state index in [4.69, 9.17) is 0 Å². The summed E-state index contributed by atoms with van der Waals surface area (Å²) in [5.41, 5.74) is -0.505. The Balaban J connectivity index is 2.12. The molecule has 5 nitrogen and oxygen atoms in total. The van der Waals surface area contributed by atoms with Gasteiger partial charge in [-0.3, -0.25) is 19.8 Å². The van der Waals surface area contributed by atoms with E-state index in [0.717, 1.165) is 6.07 Å². The highest BCUT2D eigenvalue weighted by Crippen LogP contribution is 2.23. The number of benzene rings is 1. The van der Waals surface area contributed by atoms with Crippen molar-refractivity contribution >= 4 is 12.2 Å². The fourth-order valence-electron chi connectivity index (χ4n) is 1.49. The van der Waals surface area contributed by atoms with Crippen molar-refractivity contribution in [1.82, 2.24) is 10.2 Å². The minimum Gasteiger partial charge on any atom is -0.406 e. The number of halogens is 3. The van der Waals surface area contributed by atoms with E-state index in [1.54, 1.807) is 6.08 Å². The Kier molecular flexibility index (Phi) is 3.97. The van der Waals surface area contributed by atoms with Crippen LogP contribution < -0.4 is 15.7 Å². The number of hydrogen-bond acceptors (Lipinski definition) is 3. The maximum atomic E-state index is 12.0. The number of ether oxygens (including phenoxy) is 1. The van der Waals surface area contributed by atoms with Gasteiger partial charge in [0.25, 0.3) is 0 Å². The summed E-state index contributed by atoms with van der Waals surface area (Å²) in [6.07, 6.45) is -1.68. The number of rotatable bonds is 3. The molecular weight excluding hydrogens is 289 g/mol. The molecule has 0 unspecified atom stereocenters. The average molecular weight is 298 g/mol.